The number of phenolic OH excluding ortho intramolecular Hbond substituents is 2. The van der Waals surface area contributed by atoms with Crippen LogP contribution in [0.25, 0.3) is 0 Å². The molecular formula is C26H34O11. The van der Waals surface area contributed by atoms with Crippen LogP contribution in [0, 0.1) is 11.8 Å². The molecule has 2 saturated heterocycles. The lowest BCUT2D eigenvalue weighted by atomic mass is 9.84. The molecule has 204 valence electrons. The second-order valence-corrected chi connectivity index (χ2v) is 9.35. The lowest BCUT2D eigenvalue weighted by Gasteiger charge is -2.40. The molecule has 0 amide bonds. The first-order valence-electron chi connectivity index (χ1n) is 12.0. The van der Waals surface area contributed by atoms with E-state index < -0.39 is 43.4 Å². The zero-order valence-electron chi connectivity index (χ0n) is 20.6. The van der Waals surface area contributed by atoms with Crippen molar-refractivity contribution in [3.05, 3.63) is 47.5 Å². The summed E-state index contributed by atoms with van der Waals surface area (Å²) in [5, 5.41) is 60.0. The lowest BCUT2D eigenvalue weighted by Crippen LogP contribution is -2.59. The predicted octanol–water partition coefficient (Wildman–Crippen LogP) is 0.478. The quantitative estimate of drug-likeness (QED) is 0.271. The number of hydrogen-bond acceptors (Lipinski definition) is 11. The summed E-state index contributed by atoms with van der Waals surface area (Å²) < 4.78 is 28.1. The Morgan fingerprint density at radius 1 is 0.892 bits per heavy atom. The standard InChI is InChI=1S/C26H34O11/c1-33-19-8-13(3-5-17(19)28)7-15-11-35-25(14-4-6-18(29)20(9-14)34-2)16(15)12-36-26-24(32)23(31)22(30)21(10-27)37-26/h3-6,8-9,15-16,21-32H,7,10-12H2,1-2H3/t15-,16+,21-,22+,23+,24+,25-,26+/m0/s1. The number of ether oxygens (including phenoxy) is 5. The van der Waals surface area contributed by atoms with Crippen molar-refractivity contribution in [2.24, 2.45) is 11.8 Å². The lowest BCUT2D eigenvalue weighted by molar-refractivity contribution is -0.304. The van der Waals surface area contributed by atoms with Gasteiger partial charge in [0.05, 0.1) is 40.1 Å². The van der Waals surface area contributed by atoms with Crippen LogP contribution in [0.4, 0.5) is 0 Å². The highest BCUT2D eigenvalue weighted by Gasteiger charge is 2.45. The molecule has 2 aliphatic heterocycles. The van der Waals surface area contributed by atoms with Gasteiger partial charge in [-0.25, -0.2) is 0 Å². The Kier molecular flexibility index (Phi) is 8.75. The van der Waals surface area contributed by atoms with Crippen molar-refractivity contribution in [2.75, 3.05) is 34.0 Å². The van der Waals surface area contributed by atoms with E-state index in [9.17, 15) is 30.6 Å². The number of rotatable bonds is 9. The number of hydrogen-bond donors (Lipinski definition) is 6. The monoisotopic (exact) mass is 522 g/mol. The first kappa shape index (κ1) is 27.4. The van der Waals surface area contributed by atoms with Crippen LogP contribution in [0.3, 0.4) is 0 Å². The Balaban J connectivity index is 1.57. The van der Waals surface area contributed by atoms with Gasteiger partial charge in [-0.1, -0.05) is 12.1 Å². The summed E-state index contributed by atoms with van der Waals surface area (Å²) >= 11 is 0. The number of benzene rings is 2. The predicted molar refractivity (Wildman–Crippen MR) is 128 cm³/mol. The van der Waals surface area contributed by atoms with Gasteiger partial charge in [-0.05, 0) is 47.7 Å². The van der Waals surface area contributed by atoms with Crippen LogP contribution in [0.1, 0.15) is 17.2 Å². The minimum Gasteiger partial charge on any atom is -0.504 e. The van der Waals surface area contributed by atoms with E-state index in [0.29, 0.717) is 24.5 Å². The zero-order valence-corrected chi connectivity index (χ0v) is 20.6. The van der Waals surface area contributed by atoms with Crippen molar-refractivity contribution >= 4 is 0 Å². The molecular weight excluding hydrogens is 488 g/mol. The van der Waals surface area contributed by atoms with Gasteiger partial charge >= 0.3 is 0 Å². The summed E-state index contributed by atoms with van der Waals surface area (Å²) in [6, 6.07) is 10.0. The highest BCUT2D eigenvalue weighted by atomic mass is 16.7. The summed E-state index contributed by atoms with van der Waals surface area (Å²) in [6.07, 6.45) is -6.81. The summed E-state index contributed by atoms with van der Waals surface area (Å²) in [5.41, 5.74) is 1.66. The number of methoxy groups -OCH3 is 2. The number of phenols is 2. The van der Waals surface area contributed by atoms with Crippen LogP contribution in [0.2, 0.25) is 0 Å². The molecule has 2 aromatic carbocycles. The minimum atomic E-state index is -1.55. The SMILES string of the molecule is COc1cc(C[C@H]2CO[C@@H](c3ccc(O)c(OC)c3)[C@@H]2CO[C@@H]2O[C@@H](CO)[C@@H](O)[C@@H](O)[C@H]2O)ccc1O. The van der Waals surface area contributed by atoms with E-state index in [4.69, 9.17) is 23.7 Å². The molecule has 0 aliphatic carbocycles. The first-order valence-corrected chi connectivity index (χ1v) is 12.0. The topological polar surface area (TPSA) is 168 Å². The number of aliphatic hydroxyl groups excluding tert-OH is 4. The van der Waals surface area contributed by atoms with Crippen LogP contribution in [-0.4, -0.2) is 95.4 Å². The molecule has 2 aliphatic rings. The molecule has 2 aromatic rings. The average molecular weight is 523 g/mol. The third-order valence-corrected chi connectivity index (χ3v) is 7.06. The van der Waals surface area contributed by atoms with Gasteiger partial charge in [0.25, 0.3) is 0 Å². The fourth-order valence-electron chi connectivity index (χ4n) is 4.93. The summed E-state index contributed by atoms with van der Waals surface area (Å²) in [5.74, 6) is 0.341. The van der Waals surface area contributed by atoms with Crippen molar-refractivity contribution < 1.29 is 54.3 Å². The van der Waals surface area contributed by atoms with E-state index in [1.807, 2.05) is 0 Å². The summed E-state index contributed by atoms with van der Waals surface area (Å²) in [6.45, 7) is -0.130. The summed E-state index contributed by atoms with van der Waals surface area (Å²) in [7, 11) is 2.93. The van der Waals surface area contributed by atoms with Gasteiger partial charge in [-0.2, -0.15) is 0 Å². The van der Waals surface area contributed by atoms with Crippen LogP contribution >= 0.6 is 0 Å². The molecule has 8 atom stereocenters. The third-order valence-electron chi connectivity index (χ3n) is 7.06. The highest BCUT2D eigenvalue weighted by Crippen LogP contribution is 2.43. The van der Waals surface area contributed by atoms with E-state index in [0.717, 1.165) is 11.1 Å². The van der Waals surface area contributed by atoms with Crippen molar-refractivity contribution in [3.63, 3.8) is 0 Å². The van der Waals surface area contributed by atoms with Gasteiger partial charge in [-0.15, -0.1) is 0 Å². The average Bonchev–Trinajstić information content (AvgIpc) is 3.30. The molecule has 2 heterocycles. The summed E-state index contributed by atoms with van der Waals surface area (Å²) in [4.78, 5) is 0. The van der Waals surface area contributed by atoms with Crippen LogP contribution in [-0.2, 0) is 20.6 Å². The minimum absolute atomic E-state index is 0.00824. The normalized spacial score (nSPS) is 31.8. The maximum absolute atomic E-state index is 10.4. The van der Waals surface area contributed by atoms with Gasteiger partial charge in [0.1, 0.15) is 24.4 Å². The number of aromatic hydroxyl groups is 2. The van der Waals surface area contributed by atoms with Crippen molar-refractivity contribution in [2.45, 2.75) is 43.2 Å². The van der Waals surface area contributed by atoms with Gasteiger partial charge in [0.2, 0.25) is 0 Å². The molecule has 11 nitrogen and oxygen atoms in total. The van der Waals surface area contributed by atoms with E-state index in [1.165, 1.54) is 20.3 Å². The molecule has 0 spiro atoms. The van der Waals surface area contributed by atoms with Gasteiger partial charge in [-0.3, -0.25) is 0 Å². The Morgan fingerprint density at radius 3 is 2.24 bits per heavy atom. The molecule has 0 radical (unpaired) electrons. The molecule has 0 saturated carbocycles. The number of aliphatic hydroxyl groups is 4. The largest absolute Gasteiger partial charge is 0.504 e. The molecule has 11 heteroatoms. The van der Waals surface area contributed by atoms with E-state index in [-0.39, 0.29) is 29.9 Å². The van der Waals surface area contributed by atoms with Crippen molar-refractivity contribution in [1.29, 1.82) is 0 Å². The Labute approximate surface area is 214 Å². The van der Waals surface area contributed by atoms with E-state index in [2.05, 4.69) is 0 Å². The Morgan fingerprint density at radius 2 is 1.57 bits per heavy atom. The van der Waals surface area contributed by atoms with Crippen molar-refractivity contribution in [3.8, 4) is 23.0 Å². The zero-order chi connectivity index (χ0) is 26.7. The van der Waals surface area contributed by atoms with Crippen LogP contribution in [0.5, 0.6) is 23.0 Å². The molecule has 4 rings (SSSR count). The maximum atomic E-state index is 10.4. The molecule has 2 fully saturated rings. The van der Waals surface area contributed by atoms with Gasteiger partial charge in [0, 0.05) is 5.92 Å². The second-order valence-electron chi connectivity index (χ2n) is 9.35. The molecule has 0 bridgehead atoms. The fraction of sp³-hybridized carbons (Fsp3) is 0.538. The second kappa shape index (κ2) is 11.8. The molecule has 0 aromatic heterocycles. The maximum Gasteiger partial charge on any atom is 0.186 e. The van der Waals surface area contributed by atoms with Gasteiger partial charge in [0.15, 0.2) is 29.3 Å². The Bertz CT molecular complexity index is 1050. The van der Waals surface area contributed by atoms with E-state index >= 15 is 0 Å². The molecule has 37 heavy (non-hydrogen) atoms. The smallest absolute Gasteiger partial charge is 0.186 e. The fourth-order valence-corrected chi connectivity index (χ4v) is 4.93. The first-order chi connectivity index (χ1) is 17.8. The third kappa shape index (κ3) is 5.78. The highest BCUT2D eigenvalue weighted by molar-refractivity contribution is 5.43. The molecule has 6 N–H and O–H groups in total. The van der Waals surface area contributed by atoms with Crippen LogP contribution < -0.4 is 9.47 Å². The van der Waals surface area contributed by atoms with Gasteiger partial charge < -0.3 is 54.3 Å². The Hall–Kier alpha value is -2.64. The van der Waals surface area contributed by atoms with Crippen LogP contribution in [0.15, 0.2) is 36.4 Å². The van der Waals surface area contributed by atoms with Crippen molar-refractivity contribution in [1.82, 2.24) is 0 Å². The molecule has 0 unspecified atom stereocenters. The van der Waals surface area contributed by atoms with E-state index in [1.54, 1.807) is 30.3 Å².